The van der Waals surface area contributed by atoms with Crippen LogP contribution in [0, 0.1) is 11.6 Å². The van der Waals surface area contributed by atoms with E-state index in [2.05, 4.69) is 9.97 Å². The Hall–Kier alpha value is -3.93. The summed E-state index contributed by atoms with van der Waals surface area (Å²) >= 11 is 0. The van der Waals surface area contributed by atoms with Gasteiger partial charge in [-0.2, -0.15) is 0 Å². The van der Waals surface area contributed by atoms with Gasteiger partial charge in [-0.25, -0.2) is 8.78 Å². The van der Waals surface area contributed by atoms with Gasteiger partial charge in [-0.15, -0.1) is 0 Å². The Bertz CT molecular complexity index is 1310. The van der Waals surface area contributed by atoms with E-state index in [9.17, 15) is 18.4 Å². The first-order chi connectivity index (χ1) is 14.0. The lowest BCUT2D eigenvalue weighted by Gasteiger charge is -2.11. The summed E-state index contributed by atoms with van der Waals surface area (Å²) in [4.78, 5) is 32.0. The van der Waals surface area contributed by atoms with Crippen molar-refractivity contribution in [2.45, 2.75) is 0 Å². The summed E-state index contributed by atoms with van der Waals surface area (Å²) in [6.07, 6.45) is 5.04. The van der Waals surface area contributed by atoms with Gasteiger partial charge in [0.05, 0.1) is 17.3 Å². The van der Waals surface area contributed by atoms with Gasteiger partial charge in [0.1, 0.15) is 11.6 Å². The Labute approximate surface area is 164 Å². The summed E-state index contributed by atoms with van der Waals surface area (Å²) in [5, 5.41) is 0.543. The van der Waals surface area contributed by atoms with Gasteiger partial charge in [0.15, 0.2) is 5.78 Å². The number of pyridine rings is 2. The minimum atomic E-state index is -0.631. The second kappa shape index (κ2) is 7.59. The number of halogens is 2. The molecule has 4 rings (SSSR count). The molecule has 0 fully saturated rings. The zero-order valence-electron chi connectivity index (χ0n) is 15.0. The van der Waals surface area contributed by atoms with Crippen molar-refractivity contribution >= 4 is 22.8 Å². The zero-order valence-corrected chi connectivity index (χ0v) is 15.0. The Balaban J connectivity index is 1.91. The van der Waals surface area contributed by atoms with E-state index in [0.717, 1.165) is 6.20 Å². The minimum Gasteiger partial charge on any atom is -0.321 e. The largest absolute Gasteiger partial charge is 0.321 e. The van der Waals surface area contributed by atoms with Crippen LogP contribution >= 0.6 is 0 Å². The topological polar surface area (TPSA) is 62.8 Å². The molecule has 4 nitrogen and oxygen atoms in total. The average molecular weight is 388 g/mol. The smallest absolute Gasteiger partial charge is 0.260 e. The first kappa shape index (κ1) is 18.4. The van der Waals surface area contributed by atoms with Crippen molar-refractivity contribution in [1.29, 1.82) is 0 Å². The molecule has 6 heteroatoms. The van der Waals surface area contributed by atoms with Crippen LogP contribution in [0.15, 0.2) is 77.9 Å². The molecule has 0 aliphatic carbocycles. The van der Waals surface area contributed by atoms with Crippen molar-refractivity contribution in [3.8, 4) is 11.1 Å². The molecule has 0 saturated heterocycles. The van der Waals surface area contributed by atoms with E-state index in [1.807, 2.05) is 6.07 Å². The number of hydrogen-bond donors (Lipinski definition) is 1. The molecule has 0 unspecified atom stereocenters. The Morgan fingerprint density at radius 3 is 2.52 bits per heavy atom. The molecular weight excluding hydrogens is 374 g/mol. The lowest BCUT2D eigenvalue weighted by Crippen LogP contribution is -2.18. The molecule has 4 aromatic rings. The normalized spacial score (nSPS) is 11.2. The molecule has 0 saturated carbocycles. The quantitative estimate of drug-likeness (QED) is 0.405. The first-order valence-electron chi connectivity index (χ1n) is 8.77. The highest BCUT2D eigenvalue weighted by molar-refractivity contribution is 6.15. The molecule has 29 heavy (non-hydrogen) atoms. The maximum Gasteiger partial charge on any atom is 0.260 e. The molecule has 2 aromatic carbocycles. The van der Waals surface area contributed by atoms with E-state index in [0.29, 0.717) is 27.6 Å². The monoisotopic (exact) mass is 388 g/mol. The number of rotatable bonds is 4. The Morgan fingerprint density at radius 1 is 0.966 bits per heavy atom. The van der Waals surface area contributed by atoms with Gasteiger partial charge in [-0.3, -0.25) is 14.6 Å². The number of aromatic amines is 1. The highest BCUT2D eigenvalue weighted by Gasteiger charge is 2.19. The molecular formula is C23H14F2N2O2. The van der Waals surface area contributed by atoms with Gasteiger partial charge >= 0.3 is 0 Å². The SMILES string of the molecule is O=C(/C=C/c1cncc(F)c1)c1c(-c2ccccc2)c2ccc(F)cc2[nH]c1=O. The number of aromatic nitrogens is 2. The maximum absolute atomic E-state index is 13.7. The highest BCUT2D eigenvalue weighted by Crippen LogP contribution is 2.30. The van der Waals surface area contributed by atoms with E-state index in [1.165, 1.54) is 42.6 Å². The number of allylic oxidation sites excluding steroid dienone is 1. The van der Waals surface area contributed by atoms with Crippen LogP contribution in [-0.2, 0) is 0 Å². The van der Waals surface area contributed by atoms with Gasteiger partial charge in [0.2, 0.25) is 0 Å². The summed E-state index contributed by atoms with van der Waals surface area (Å²) in [5.74, 6) is -1.58. The predicted octanol–water partition coefficient (Wildman–Crippen LogP) is 4.76. The Morgan fingerprint density at radius 2 is 1.76 bits per heavy atom. The molecule has 0 spiro atoms. The number of hydrogen-bond acceptors (Lipinski definition) is 3. The summed E-state index contributed by atoms with van der Waals surface area (Å²) in [6, 6.07) is 14.2. The minimum absolute atomic E-state index is 0.0732. The molecule has 0 bridgehead atoms. The van der Waals surface area contributed by atoms with Crippen molar-refractivity contribution in [3.63, 3.8) is 0 Å². The van der Waals surface area contributed by atoms with Crippen LogP contribution in [0.4, 0.5) is 8.78 Å². The number of nitrogens with zero attached hydrogens (tertiary/aromatic N) is 1. The third kappa shape index (κ3) is 3.73. The molecule has 142 valence electrons. The van der Waals surface area contributed by atoms with Crippen LogP contribution in [0.1, 0.15) is 15.9 Å². The maximum atomic E-state index is 13.7. The lowest BCUT2D eigenvalue weighted by atomic mass is 9.94. The number of nitrogens with one attached hydrogen (secondary N) is 1. The van der Waals surface area contributed by atoms with Crippen LogP contribution in [0.5, 0.6) is 0 Å². The van der Waals surface area contributed by atoms with Crippen LogP contribution in [0.3, 0.4) is 0 Å². The Kier molecular flexibility index (Phi) is 4.83. The summed E-state index contributed by atoms with van der Waals surface area (Å²) in [6.45, 7) is 0. The number of benzene rings is 2. The second-order valence-electron chi connectivity index (χ2n) is 6.39. The highest BCUT2D eigenvalue weighted by atomic mass is 19.1. The van der Waals surface area contributed by atoms with Crippen LogP contribution in [-0.4, -0.2) is 15.8 Å². The molecule has 2 aromatic heterocycles. The fourth-order valence-corrected chi connectivity index (χ4v) is 3.19. The standard InChI is InChI=1S/C23H14F2N2O2/c24-16-7-8-18-19(11-16)27-23(29)22(21(18)15-4-2-1-3-5-15)20(28)9-6-14-10-17(25)13-26-12-14/h1-13H,(H,27,29)/b9-6+. The fourth-order valence-electron chi connectivity index (χ4n) is 3.19. The second-order valence-corrected chi connectivity index (χ2v) is 6.39. The van der Waals surface area contributed by atoms with Gasteiger partial charge in [0.25, 0.3) is 5.56 Å². The number of fused-ring (bicyclic) bond motifs is 1. The zero-order chi connectivity index (χ0) is 20.4. The van der Waals surface area contributed by atoms with Gasteiger partial charge < -0.3 is 4.98 Å². The average Bonchev–Trinajstić information content (AvgIpc) is 2.71. The molecule has 0 amide bonds. The first-order valence-corrected chi connectivity index (χ1v) is 8.77. The lowest BCUT2D eigenvalue weighted by molar-refractivity contribution is 0.104. The molecule has 1 N–H and O–H groups in total. The van der Waals surface area contributed by atoms with E-state index in [1.54, 1.807) is 24.3 Å². The van der Waals surface area contributed by atoms with Gasteiger partial charge in [0, 0.05) is 17.1 Å². The van der Waals surface area contributed by atoms with Crippen molar-refractivity contribution in [3.05, 3.63) is 106 Å². The van der Waals surface area contributed by atoms with Crippen molar-refractivity contribution in [2.24, 2.45) is 0 Å². The van der Waals surface area contributed by atoms with Crippen molar-refractivity contribution in [2.75, 3.05) is 0 Å². The van der Waals surface area contributed by atoms with Gasteiger partial charge in [-0.05, 0) is 47.5 Å². The third-order valence-electron chi connectivity index (χ3n) is 4.44. The number of H-pyrrole nitrogens is 1. The van der Waals surface area contributed by atoms with Crippen molar-refractivity contribution in [1.82, 2.24) is 9.97 Å². The molecule has 0 radical (unpaired) electrons. The summed E-state index contributed by atoms with van der Waals surface area (Å²) in [5.41, 5.74) is 1.04. The van der Waals surface area contributed by atoms with Crippen LogP contribution < -0.4 is 5.56 Å². The van der Waals surface area contributed by atoms with Crippen LogP contribution in [0.25, 0.3) is 28.1 Å². The van der Waals surface area contributed by atoms with Crippen LogP contribution in [0.2, 0.25) is 0 Å². The molecule has 0 atom stereocenters. The number of ketones is 1. The third-order valence-corrected chi connectivity index (χ3v) is 4.44. The fraction of sp³-hybridized carbons (Fsp3) is 0. The van der Waals surface area contributed by atoms with E-state index in [-0.39, 0.29) is 5.56 Å². The number of carbonyl (C=O) groups excluding carboxylic acids is 1. The molecule has 0 aliphatic rings. The van der Waals surface area contributed by atoms with Crippen molar-refractivity contribution < 1.29 is 13.6 Å². The summed E-state index contributed by atoms with van der Waals surface area (Å²) in [7, 11) is 0. The van der Waals surface area contributed by atoms with Gasteiger partial charge in [-0.1, -0.05) is 30.3 Å². The molecule has 0 aliphatic heterocycles. The van der Waals surface area contributed by atoms with E-state index in [4.69, 9.17) is 0 Å². The number of carbonyl (C=O) groups is 1. The summed E-state index contributed by atoms with van der Waals surface area (Å²) < 4.78 is 27.0. The predicted molar refractivity (Wildman–Crippen MR) is 108 cm³/mol. The molecule has 2 heterocycles. The van der Waals surface area contributed by atoms with E-state index >= 15 is 0 Å². The van der Waals surface area contributed by atoms with E-state index < -0.39 is 23.0 Å².